The van der Waals surface area contributed by atoms with Gasteiger partial charge in [-0.05, 0) is 12.1 Å². The Kier molecular flexibility index (Phi) is 3.15. The highest BCUT2D eigenvalue weighted by atomic mass is 32.1. The number of aromatic nitrogens is 1. The molecular formula is C7H6N3O2S-. The largest absolute Gasteiger partial charge is 0.717 e. The molecule has 0 spiro atoms. The Labute approximate surface area is 79.9 Å². The van der Waals surface area contributed by atoms with Gasteiger partial charge in [-0.25, -0.2) is 0 Å². The maximum atomic E-state index is 11.1. The van der Waals surface area contributed by atoms with Gasteiger partial charge in [-0.2, -0.15) is 0 Å². The smallest absolute Gasteiger partial charge is 0.269 e. The molecular weight excluding hydrogens is 190 g/mol. The van der Waals surface area contributed by atoms with Gasteiger partial charge >= 0.3 is 0 Å². The number of amides is 2. The summed E-state index contributed by atoms with van der Waals surface area (Å²) in [6.45, 7) is 0. The van der Waals surface area contributed by atoms with Crippen molar-refractivity contribution in [1.82, 2.24) is 15.8 Å². The van der Waals surface area contributed by atoms with Crippen LogP contribution in [0.25, 0.3) is 0 Å². The van der Waals surface area contributed by atoms with Crippen molar-refractivity contribution in [2.75, 3.05) is 0 Å². The number of hydrazine groups is 1. The van der Waals surface area contributed by atoms with E-state index >= 15 is 0 Å². The van der Waals surface area contributed by atoms with Gasteiger partial charge < -0.3 is 17.4 Å². The SMILES string of the molecule is O=C([S-])NNC(=O)c1ccncc1. The van der Waals surface area contributed by atoms with Gasteiger partial charge in [-0.1, -0.05) is 0 Å². The van der Waals surface area contributed by atoms with E-state index in [4.69, 9.17) is 0 Å². The van der Waals surface area contributed by atoms with Crippen LogP contribution in [0, 0.1) is 0 Å². The zero-order chi connectivity index (χ0) is 9.68. The highest BCUT2D eigenvalue weighted by Gasteiger charge is 2.01. The van der Waals surface area contributed by atoms with Gasteiger partial charge in [0.15, 0.2) is 0 Å². The number of rotatable bonds is 1. The Balaban J connectivity index is 2.54. The molecule has 1 aromatic heterocycles. The Bertz CT molecular complexity index is 315. The van der Waals surface area contributed by atoms with Crippen LogP contribution in [-0.2, 0) is 12.6 Å². The van der Waals surface area contributed by atoms with E-state index in [0.717, 1.165) is 0 Å². The molecule has 2 amide bonds. The van der Waals surface area contributed by atoms with Crippen LogP contribution in [0.5, 0.6) is 0 Å². The Hall–Kier alpha value is -1.69. The first-order chi connectivity index (χ1) is 6.20. The average Bonchev–Trinajstić information content (AvgIpc) is 2.15. The lowest BCUT2D eigenvalue weighted by molar-refractivity contribution is 0.0939. The predicted octanol–water partition coefficient (Wildman–Crippen LogP) is -0.0171. The van der Waals surface area contributed by atoms with Crippen LogP contribution in [-0.4, -0.2) is 16.1 Å². The average molecular weight is 196 g/mol. The van der Waals surface area contributed by atoms with E-state index in [1.165, 1.54) is 24.5 Å². The van der Waals surface area contributed by atoms with E-state index in [-0.39, 0.29) is 0 Å². The molecule has 1 heterocycles. The molecule has 0 saturated heterocycles. The third kappa shape index (κ3) is 3.04. The fraction of sp³-hybridized carbons (Fsp3) is 0. The second-order valence-electron chi connectivity index (χ2n) is 2.10. The fourth-order valence-electron chi connectivity index (χ4n) is 0.683. The lowest BCUT2D eigenvalue weighted by Crippen LogP contribution is -2.39. The molecule has 0 radical (unpaired) electrons. The topological polar surface area (TPSA) is 71.1 Å². The summed E-state index contributed by atoms with van der Waals surface area (Å²) < 4.78 is 0. The second-order valence-corrected chi connectivity index (χ2v) is 2.47. The van der Waals surface area contributed by atoms with Crippen LogP contribution in [0.15, 0.2) is 24.5 Å². The number of nitrogens with one attached hydrogen (secondary N) is 2. The van der Waals surface area contributed by atoms with Crippen LogP contribution >= 0.6 is 0 Å². The number of nitrogens with zero attached hydrogens (tertiary/aromatic N) is 1. The van der Waals surface area contributed by atoms with Crippen LogP contribution < -0.4 is 10.9 Å². The highest BCUT2D eigenvalue weighted by Crippen LogP contribution is 1.93. The molecule has 0 bridgehead atoms. The summed E-state index contributed by atoms with van der Waals surface area (Å²) in [4.78, 5) is 25.1. The molecule has 6 heteroatoms. The number of hydrogen-bond donors (Lipinski definition) is 2. The quantitative estimate of drug-likeness (QED) is 0.489. The Morgan fingerprint density at radius 3 is 2.38 bits per heavy atom. The molecule has 2 N–H and O–H groups in total. The van der Waals surface area contributed by atoms with Crippen molar-refractivity contribution < 1.29 is 9.59 Å². The van der Waals surface area contributed by atoms with Gasteiger partial charge in [0, 0.05) is 18.0 Å². The summed E-state index contributed by atoms with van der Waals surface area (Å²) in [7, 11) is 0. The summed E-state index contributed by atoms with van der Waals surface area (Å²) >= 11 is 4.17. The lowest BCUT2D eigenvalue weighted by Gasteiger charge is -2.08. The maximum absolute atomic E-state index is 11.1. The molecule has 0 aliphatic rings. The summed E-state index contributed by atoms with van der Waals surface area (Å²) in [5.74, 6) is -0.430. The molecule has 0 aliphatic carbocycles. The zero-order valence-corrected chi connectivity index (χ0v) is 7.30. The van der Waals surface area contributed by atoms with Crippen molar-refractivity contribution in [3.8, 4) is 0 Å². The normalized spacial score (nSPS) is 8.92. The molecule has 1 rings (SSSR count). The van der Waals surface area contributed by atoms with Gasteiger partial charge in [0.25, 0.3) is 5.91 Å². The summed E-state index contributed by atoms with van der Waals surface area (Å²) in [6, 6.07) is 3.04. The van der Waals surface area contributed by atoms with Crippen LogP contribution in [0.2, 0.25) is 0 Å². The van der Waals surface area contributed by atoms with E-state index in [9.17, 15) is 9.59 Å². The molecule has 0 aliphatic heterocycles. The van der Waals surface area contributed by atoms with Crippen molar-refractivity contribution in [2.24, 2.45) is 0 Å². The minimum absolute atomic E-state index is 0.402. The second kappa shape index (κ2) is 4.36. The molecule has 1 aromatic rings. The summed E-state index contributed by atoms with van der Waals surface area (Å²) in [6.07, 6.45) is 2.95. The Morgan fingerprint density at radius 2 is 1.85 bits per heavy atom. The monoisotopic (exact) mass is 196 g/mol. The molecule has 5 nitrogen and oxygen atoms in total. The summed E-state index contributed by atoms with van der Waals surface area (Å²) in [5.41, 5.74) is 4.53. The third-order valence-electron chi connectivity index (χ3n) is 1.22. The third-order valence-corrected chi connectivity index (χ3v) is 1.32. The van der Waals surface area contributed by atoms with E-state index in [1.807, 2.05) is 5.43 Å². The summed E-state index contributed by atoms with van der Waals surface area (Å²) in [5, 5.41) is -0.734. The fourth-order valence-corrected chi connectivity index (χ4v) is 0.734. The number of carbonyl (C=O) groups excluding carboxylic acids is 2. The van der Waals surface area contributed by atoms with E-state index < -0.39 is 11.1 Å². The number of carbonyl (C=O) groups is 2. The highest BCUT2D eigenvalue weighted by molar-refractivity contribution is 7.76. The Morgan fingerprint density at radius 1 is 1.23 bits per heavy atom. The van der Waals surface area contributed by atoms with Gasteiger partial charge in [-0.3, -0.25) is 20.6 Å². The van der Waals surface area contributed by atoms with Gasteiger partial charge in [-0.15, -0.1) is 0 Å². The van der Waals surface area contributed by atoms with Crippen molar-refractivity contribution in [2.45, 2.75) is 0 Å². The molecule has 0 atom stereocenters. The minimum Gasteiger partial charge on any atom is -0.717 e. The van der Waals surface area contributed by atoms with Crippen LogP contribution in [0.3, 0.4) is 0 Å². The standard InChI is InChI=1S/C7H7N3O2S/c11-6(9-10-7(12)13)5-1-3-8-4-2-5/h1-4H,(H,9,11)(H2,10,12,13)/p-1. The maximum Gasteiger partial charge on any atom is 0.269 e. The lowest BCUT2D eigenvalue weighted by atomic mass is 10.3. The first kappa shape index (κ1) is 9.40. The van der Waals surface area contributed by atoms with Crippen molar-refractivity contribution in [3.63, 3.8) is 0 Å². The minimum atomic E-state index is -0.734. The van der Waals surface area contributed by atoms with Crippen molar-refractivity contribution >= 4 is 23.8 Å². The molecule has 0 saturated carbocycles. The number of hydrogen-bond acceptors (Lipinski definition) is 4. The van der Waals surface area contributed by atoms with Crippen LogP contribution in [0.1, 0.15) is 10.4 Å². The first-order valence-corrected chi connectivity index (χ1v) is 3.78. The molecule has 68 valence electrons. The van der Waals surface area contributed by atoms with E-state index in [1.54, 1.807) is 0 Å². The van der Waals surface area contributed by atoms with E-state index in [2.05, 4.69) is 23.0 Å². The van der Waals surface area contributed by atoms with Gasteiger partial charge in [0.1, 0.15) is 5.24 Å². The van der Waals surface area contributed by atoms with E-state index in [0.29, 0.717) is 5.56 Å². The molecule has 0 aromatic carbocycles. The molecule has 0 unspecified atom stereocenters. The van der Waals surface area contributed by atoms with Crippen molar-refractivity contribution in [1.29, 1.82) is 0 Å². The zero-order valence-electron chi connectivity index (χ0n) is 6.48. The van der Waals surface area contributed by atoms with Gasteiger partial charge in [0.2, 0.25) is 0 Å². The van der Waals surface area contributed by atoms with Crippen molar-refractivity contribution in [3.05, 3.63) is 30.1 Å². The van der Waals surface area contributed by atoms with Crippen LogP contribution in [0.4, 0.5) is 4.79 Å². The van der Waals surface area contributed by atoms with Gasteiger partial charge in [0.05, 0.1) is 0 Å². The molecule has 13 heavy (non-hydrogen) atoms. The first-order valence-electron chi connectivity index (χ1n) is 3.37. The predicted molar refractivity (Wildman–Crippen MR) is 47.6 cm³/mol. The number of pyridine rings is 1. The molecule has 0 fully saturated rings.